The Morgan fingerprint density at radius 2 is 1.86 bits per heavy atom. The zero-order chi connectivity index (χ0) is 20.3. The summed E-state index contributed by atoms with van der Waals surface area (Å²) in [6, 6.07) is 14.8. The molecule has 0 fully saturated rings. The number of halogens is 1. The van der Waals surface area contributed by atoms with Crippen molar-refractivity contribution in [1.29, 1.82) is 0 Å². The van der Waals surface area contributed by atoms with Gasteiger partial charge in [-0.15, -0.1) is 11.3 Å². The smallest absolute Gasteiger partial charge is 0.261 e. The van der Waals surface area contributed by atoms with Crippen molar-refractivity contribution >= 4 is 44.6 Å². The topological polar surface area (TPSA) is 66.5 Å². The van der Waals surface area contributed by atoms with Crippen molar-refractivity contribution in [3.63, 3.8) is 0 Å². The van der Waals surface area contributed by atoms with Crippen molar-refractivity contribution in [2.75, 3.05) is 11.8 Å². The van der Waals surface area contributed by atoms with Gasteiger partial charge < -0.3 is 4.90 Å². The lowest BCUT2D eigenvalue weighted by atomic mass is 10.1. The number of carbonyl (C=O) groups is 1. The van der Waals surface area contributed by atoms with Crippen LogP contribution in [0.1, 0.15) is 20.8 Å². The highest BCUT2D eigenvalue weighted by Gasteiger charge is 2.17. The Balaban J connectivity index is 1.76. The SMILES string of the molecule is Cc1cc(C(=O)N(C)Cc2cccs2)ccc1NS(=O)(=O)c1ccc(Cl)cc1. The van der Waals surface area contributed by atoms with Gasteiger partial charge >= 0.3 is 0 Å². The summed E-state index contributed by atoms with van der Waals surface area (Å²) >= 11 is 7.41. The zero-order valence-corrected chi connectivity index (χ0v) is 17.7. The van der Waals surface area contributed by atoms with Crippen molar-refractivity contribution in [2.24, 2.45) is 0 Å². The van der Waals surface area contributed by atoms with Gasteiger partial charge in [-0.1, -0.05) is 17.7 Å². The normalized spacial score (nSPS) is 11.2. The number of hydrogen-bond acceptors (Lipinski definition) is 4. The molecule has 0 spiro atoms. The summed E-state index contributed by atoms with van der Waals surface area (Å²) in [5.74, 6) is -0.122. The Morgan fingerprint density at radius 1 is 1.14 bits per heavy atom. The molecule has 8 heteroatoms. The van der Waals surface area contributed by atoms with E-state index in [2.05, 4.69) is 4.72 Å². The number of carbonyl (C=O) groups excluding carboxylic acids is 1. The van der Waals surface area contributed by atoms with Gasteiger partial charge in [-0.05, 0) is 66.4 Å². The van der Waals surface area contributed by atoms with E-state index < -0.39 is 10.0 Å². The summed E-state index contributed by atoms with van der Waals surface area (Å²) < 4.78 is 27.6. The van der Waals surface area contributed by atoms with E-state index in [4.69, 9.17) is 11.6 Å². The van der Waals surface area contributed by atoms with Gasteiger partial charge in [-0.25, -0.2) is 8.42 Å². The van der Waals surface area contributed by atoms with Crippen LogP contribution in [0.2, 0.25) is 5.02 Å². The Labute approximate surface area is 173 Å². The van der Waals surface area contributed by atoms with E-state index in [1.807, 2.05) is 17.5 Å². The number of hydrogen-bond donors (Lipinski definition) is 1. The van der Waals surface area contributed by atoms with E-state index >= 15 is 0 Å². The minimum Gasteiger partial charge on any atom is -0.337 e. The molecule has 0 radical (unpaired) electrons. The molecular weight excluding hydrogens is 416 g/mol. The van der Waals surface area contributed by atoms with Gasteiger partial charge in [0.25, 0.3) is 15.9 Å². The minimum atomic E-state index is -3.74. The highest BCUT2D eigenvalue weighted by atomic mass is 35.5. The molecule has 1 heterocycles. The van der Waals surface area contributed by atoms with E-state index in [-0.39, 0.29) is 10.8 Å². The van der Waals surface area contributed by atoms with Gasteiger partial charge in [0, 0.05) is 22.5 Å². The van der Waals surface area contributed by atoms with Crippen molar-refractivity contribution in [3.05, 3.63) is 81.0 Å². The summed E-state index contributed by atoms with van der Waals surface area (Å²) in [6.07, 6.45) is 0. The number of sulfonamides is 1. The fourth-order valence-corrected chi connectivity index (χ4v) is 4.67. The van der Waals surface area contributed by atoms with Crippen LogP contribution in [0.15, 0.2) is 64.9 Å². The lowest BCUT2D eigenvalue weighted by Gasteiger charge is -2.17. The van der Waals surface area contributed by atoms with Crippen molar-refractivity contribution < 1.29 is 13.2 Å². The fraction of sp³-hybridized carbons (Fsp3) is 0.150. The molecule has 0 saturated carbocycles. The molecule has 0 bridgehead atoms. The van der Waals surface area contributed by atoms with Crippen LogP contribution in [0, 0.1) is 6.92 Å². The molecule has 2 aromatic carbocycles. The number of nitrogens with zero attached hydrogens (tertiary/aromatic N) is 1. The quantitative estimate of drug-likeness (QED) is 0.606. The summed E-state index contributed by atoms with van der Waals surface area (Å²) in [5, 5.41) is 2.43. The lowest BCUT2D eigenvalue weighted by Crippen LogP contribution is -2.26. The Morgan fingerprint density at radius 3 is 2.46 bits per heavy atom. The van der Waals surface area contributed by atoms with Crippen LogP contribution in [0.4, 0.5) is 5.69 Å². The third kappa shape index (κ3) is 4.73. The second-order valence-corrected chi connectivity index (χ2v) is 9.48. The van der Waals surface area contributed by atoms with Crippen LogP contribution < -0.4 is 4.72 Å². The monoisotopic (exact) mass is 434 g/mol. The Hall–Kier alpha value is -2.35. The van der Waals surface area contributed by atoms with E-state index in [1.54, 1.807) is 48.4 Å². The highest BCUT2D eigenvalue weighted by Crippen LogP contribution is 2.23. The van der Waals surface area contributed by atoms with Crippen LogP contribution in [0.25, 0.3) is 0 Å². The molecule has 0 aliphatic heterocycles. The van der Waals surface area contributed by atoms with Crippen LogP contribution in [0.3, 0.4) is 0 Å². The predicted octanol–water partition coefficient (Wildman–Crippen LogP) is 4.78. The first kappa shape index (κ1) is 20.4. The molecule has 28 heavy (non-hydrogen) atoms. The molecule has 1 amide bonds. The predicted molar refractivity (Wildman–Crippen MR) is 114 cm³/mol. The third-order valence-electron chi connectivity index (χ3n) is 4.16. The number of benzene rings is 2. The molecule has 1 N–H and O–H groups in total. The minimum absolute atomic E-state index is 0.118. The average Bonchev–Trinajstić information content (AvgIpc) is 3.16. The average molecular weight is 435 g/mol. The number of rotatable bonds is 6. The highest BCUT2D eigenvalue weighted by molar-refractivity contribution is 7.92. The first-order valence-corrected chi connectivity index (χ1v) is 11.2. The van der Waals surface area contributed by atoms with Gasteiger partial charge in [0.05, 0.1) is 17.1 Å². The van der Waals surface area contributed by atoms with Crippen LogP contribution >= 0.6 is 22.9 Å². The van der Waals surface area contributed by atoms with Gasteiger partial charge in [0.2, 0.25) is 0 Å². The molecule has 3 aromatic rings. The van der Waals surface area contributed by atoms with Crippen molar-refractivity contribution in [2.45, 2.75) is 18.4 Å². The van der Waals surface area contributed by atoms with Crippen LogP contribution in [-0.4, -0.2) is 26.3 Å². The Kier molecular flexibility index (Phi) is 6.07. The molecule has 0 aliphatic carbocycles. The third-order valence-corrected chi connectivity index (χ3v) is 6.66. The van der Waals surface area contributed by atoms with Crippen molar-refractivity contribution in [1.82, 2.24) is 4.90 Å². The number of anilines is 1. The summed E-state index contributed by atoms with van der Waals surface area (Å²) in [4.78, 5) is 15.5. The molecule has 1 aromatic heterocycles. The van der Waals surface area contributed by atoms with Gasteiger partial charge in [0.1, 0.15) is 0 Å². The maximum Gasteiger partial charge on any atom is 0.261 e. The number of thiophene rings is 1. The molecule has 3 rings (SSSR count). The molecule has 0 aliphatic rings. The second-order valence-electron chi connectivity index (χ2n) is 6.33. The summed E-state index contributed by atoms with van der Waals surface area (Å²) in [6.45, 7) is 2.29. The maximum absolute atomic E-state index is 12.7. The number of amides is 1. The van der Waals surface area contributed by atoms with E-state index in [1.165, 1.54) is 24.3 Å². The maximum atomic E-state index is 12.7. The second kappa shape index (κ2) is 8.34. The molecule has 146 valence electrons. The van der Waals surface area contributed by atoms with E-state index in [0.717, 1.165) is 4.88 Å². The molecular formula is C20H19ClN2O3S2. The largest absolute Gasteiger partial charge is 0.337 e. The summed E-state index contributed by atoms with van der Waals surface area (Å²) in [5.41, 5.74) is 1.59. The first-order chi connectivity index (χ1) is 13.3. The van der Waals surface area contributed by atoms with E-state index in [0.29, 0.717) is 28.4 Å². The summed E-state index contributed by atoms with van der Waals surface area (Å²) in [7, 11) is -1.99. The van der Waals surface area contributed by atoms with Gasteiger partial charge in [-0.2, -0.15) is 0 Å². The zero-order valence-electron chi connectivity index (χ0n) is 15.3. The standard InChI is InChI=1S/C20H19ClN2O3S2/c1-14-12-15(20(24)23(2)13-17-4-3-11-27-17)5-10-19(14)22-28(25,26)18-8-6-16(21)7-9-18/h3-12,22H,13H2,1-2H3. The van der Waals surface area contributed by atoms with Crippen LogP contribution in [0.5, 0.6) is 0 Å². The first-order valence-electron chi connectivity index (χ1n) is 8.43. The lowest BCUT2D eigenvalue weighted by molar-refractivity contribution is 0.0786. The van der Waals surface area contributed by atoms with Crippen molar-refractivity contribution in [3.8, 4) is 0 Å². The molecule has 5 nitrogen and oxygen atoms in total. The van der Waals surface area contributed by atoms with Crippen LogP contribution in [-0.2, 0) is 16.6 Å². The molecule has 0 unspecified atom stereocenters. The number of nitrogens with one attached hydrogen (secondary N) is 1. The van der Waals surface area contributed by atoms with Gasteiger partial charge in [0.15, 0.2) is 0 Å². The van der Waals surface area contributed by atoms with Gasteiger partial charge in [-0.3, -0.25) is 9.52 Å². The van der Waals surface area contributed by atoms with E-state index in [9.17, 15) is 13.2 Å². The molecule has 0 saturated heterocycles. The molecule has 0 atom stereocenters. The fourth-order valence-electron chi connectivity index (χ4n) is 2.66. The number of aryl methyl sites for hydroxylation is 1. The Bertz CT molecular complexity index is 1080.